The van der Waals surface area contributed by atoms with Crippen LogP contribution in [0.2, 0.25) is 0 Å². The van der Waals surface area contributed by atoms with Crippen molar-refractivity contribution >= 4 is 18.3 Å². The summed E-state index contributed by atoms with van der Waals surface area (Å²) >= 11 is 0. The van der Waals surface area contributed by atoms with Crippen molar-refractivity contribution in [1.29, 1.82) is 0 Å². The number of nitrogens with zero attached hydrogens (tertiary/aromatic N) is 3. The van der Waals surface area contributed by atoms with Crippen LogP contribution in [0.15, 0.2) is 85.3 Å². The van der Waals surface area contributed by atoms with E-state index in [0.717, 1.165) is 28.1 Å². The predicted molar refractivity (Wildman–Crippen MR) is 158 cm³/mol. The Hall–Kier alpha value is -5.25. The summed E-state index contributed by atoms with van der Waals surface area (Å²) in [6, 6.07) is 21.1. The number of nitrogens with one attached hydrogen (secondary N) is 1. The zero-order valence-corrected chi connectivity index (χ0v) is 23.5. The lowest BCUT2D eigenvalue weighted by atomic mass is 9.87. The summed E-state index contributed by atoms with van der Waals surface area (Å²) in [5.41, 5.74) is 4.51. The lowest BCUT2D eigenvalue weighted by molar-refractivity contribution is -0.133. The molecule has 0 saturated heterocycles. The number of carbonyl (C=O) groups excluding carboxylic acids is 2. The van der Waals surface area contributed by atoms with E-state index in [9.17, 15) is 9.59 Å². The van der Waals surface area contributed by atoms with E-state index >= 15 is 0 Å². The molecule has 43 heavy (non-hydrogen) atoms. The molecule has 220 valence electrons. The van der Waals surface area contributed by atoms with Crippen LogP contribution in [-0.4, -0.2) is 58.0 Å². The van der Waals surface area contributed by atoms with Crippen molar-refractivity contribution in [2.24, 2.45) is 0 Å². The Morgan fingerprint density at radius 1 is 1.05 bits per heavy atom. The van der Waals surface area contributed by atoms with Gasteiger partial charge in [0.15, 0.2) is 0 Å². The standard InChI is InChI=1S/C32H30N4O4.CH2O2/c37-30(11-8-25-6-1-2-13-34-25)36-15-12-22-17-27-9-10-29(22)31(36)23-5-3-7-26(18-23)39-16-4-14-35-32(38)24-19-28(40-27)21-33-20-24;2-1-3/h1-3,5-7,9-10,13,17-21,31H,4,8,11-12,14-16H2,(H,35,38);1H,(H,2,3). The van der Waals surface area contributed by atoms with Crippen molar-refractivity contribution in [1.82, 2.24) is 20.2 Å². The lowest BCUT2D eigenvalue weighted by Crippen LogP contribution is -2.40. The molecule has 3 aliphatic rings. The fourth-order valence-corrected chi connectivity index (χ4v) is 5.30. The van der Waals surface area contributed by atoms with Gasteiger partial charge in [-0.1, -0.05) is 24.3 Å². The number of ether oxygens (including phenoxy) is 2. The Morgan fingerprint density at radius 2 is 1.93 bits per heavy atom. The average Bonchev–Trinajstić information content (AvgIpc) is 3.03. The van der Waals surface area contributed by atoms with Crippen molar-refractivity contribution in [3.63, 3.8) is 0 Å². The van der Waals surface area contributed by atoms with E-state index in [4.69, 9.17) is 19.4 Å². The number of aromatic nitrogens is 2. The molecule has 0 fully saturated rings. The number of aryl methyl sites for hydroxylation is 1. The molecule has 4 aromatic rings. The maximum absolute atomic E-state index is 13.6. The molecule has 7 rings (SSSR count). The van der Waals surface area contributed by atoms with Gasteiger partial charge in [-0.05, 0) is 78.4 Å². The van der Waals surface area contributed by atoms with Crippen molar-refractivity contribution in [2.45, 2.75) is 31.7 Å². The largest absolute Gasteiger partial charge is 0.494 e. The molecule has 1 atom stereocenters. The van der Waals surface area contributed by atoms with Crippen LogP contribution >= 0.6 is 0 Å². The SMILES string of the molecule is O=C1NCCCOc2cccc(c2)C2c3ccc(cc3CCN2C(=O)CCc2ccccn2)Oc2cncc1c2.O=CO. The first kappa shape index (κ1) is 29.2. The van der Waals surface area contributed by atoms with Crippen molar-refractivity contribution in [2.75, 3.05) is 19.7 Å². The number of hydrogen-bond donors (Lipinski definition) is 2. The van der Waals surface area contributed by atoms with E-state index in [0.29, 0.717) is 62.4 Å². The van der Waals surface area contributed by atoms with Crippen molar-refractivity contribution in [3.05, 3.63) is 113 Å². The molecule has 2 aromatic carbocycles. The van der Waals surface area contributed by atoms with Crippen LogP contribution in [-0.2, 0) is 22.4 Å². The van der Waals surface area contributed by atoms with Crippen LogP contribution in [0.25, 0.3) is 0 Å². The Kier molecular flexibility index (Phi) is 9.58. The maximum Gasteiger partial charge on any atom is 0.290 e. The van der Waals surface area contributed by atoms with Crippen molar-refractivity contribution in [3.8, 4) is 17.2 Å². The van der Waals surface area contributed by atoms with E-state index in [2.05, 4.69) is 15.3 Å². The van der Waals surface area contributed by atoms with Crippen LogP contribution in [0.3, 0.4) is 0 Å². The van der Waals surface area contributed by atoms with E-state index in [1.165, 1.54) is 6.20 Å². The van der Waals surface area contributed by atoms with Gasteiger partial charge in [0, 0.05) is 37.6 Å². The molecule has 8 bridgehead atoms. The minimum atomic E-state index is -0.250. The third-order valence-corrected chi connectivity index (χ3v) is 7.24. The summed E-state index contributed by atoms with van der Waals surface area (Å²) in [6.45, 7) is 1.25. The quantitative estimate of drug-likeness (QED) is 0.337. The van der Waals surface area contributed by atoms with Gasteiger partial charge in [-0.2, -0.15) is 0 Å². The highest BCUT2D eigenvalue weighted by molar-refractivity contribution is 5.94. The van der Waals surface area contributed by atoms with Gasteiger partial charge in [0.05, 0.1) is 24.4 Å². The topological polar surface area (TPSA) is 131 Å². The summed E-state index contributed by atoms with van der Waals surface area (Å²) in [6.07, 6.45) is 7.21. The molecular formula is C33H32N4O6. The molecule has 2 amide bonds. The van der Waals surface area contributed by atoms with Gasteiger partial charge in [0.25, 0.3) is 12.4 Å². The number of carbonyl (C=O) groups is 3. The molecule has 2 N–H and O–H groups in total. The number of hydrogen-bond acceptors (Lipinski definition) is 7. The van der Waals surface area contributed by atoms with Gasteiger partial charge in [-0.3, -0.25) is 24.4 Å². The first-order chi connectivity index (χ1) is 21.1. The van der Waals surface area contributed by atoms with Crippen LogP contribution in [0.5, 0.6) is 17.2 Å². The fourth-order valence-electron chi connectivity index (χ4n) is 5.30. The molecule has 0 spiro atoms. The molecule has 2 aromatic heterocycles. The van der Waals surface area contributed by atoms with E-state index < -0.39 is 0 Å². The van der Waals surface area contributed by atoms with E-state index in [1.54, 1.807) is 18.5 Å². The average molecular weight is 581 g/mol. The Bertz CT molecular complexity index is 1580. The lowest BCUT2D eigenvalue weighted by Gasteiger charge is -2.38. The van der Waals surface area contributed by atoms with Gasteiger partial charge in [0.2, 0.25) is 5.91 Å². The molecule has 10 nitrogen and oxygen atoms in total. The summed E-state index contributed by atoms with van der Waals surface area (Å²) < 4.78 is 12.2. The minimum absolute atomic E-state index is 0.0914. The highest BCUT2D eigenvalue weighted by Gasteiger charge is 2.32. The zero-order valence-electron chi connectivity index (χ0n) is 23.5. The second-order valence-corrected chi connectivity index (χ2v) is 10.1. The molecule has 0 saturated carbocycles. The number of benzene rings is 2. The molecule has 10 heteroatoms. The number of carboxylic acid groups (broad SMARTS) is 1. The second kappa shape index (κ2) is 14.1. The Labute approximate surface area is 249 Å². The fraction of sp³-hybridized carbons (Fsp3) is 0.242. The smallest absolute Gasteiger partial charge is 0.290 e. The molecule has 0 radical (unpaired) electrons. The summed E-state index contributed by atoms with van der Waals surface area (Å²) in [5, 5.41) is 9.80. The number of amides is 2. The Morgan fingerprint density at radius 3 is 2.77 bits per heavy atom. The predicted octanol–water partition coefficient (Wildman–Crippen LogP) is 4.59. The number of rotatable bonds is 3. The number of fused-ring (bicyclic) bond motifs is 6. The van der Waals surface area contributed by atoms with Gasteiger partial charge < -0.3 is 24.8 Å². The van der Waals surface area contributed by atoms with Crippen LogP contribution < -0.4 is 14.8 Å². The summed E-state index contributed by atoms with van der Waals surface area (Å²) in [5.74, 6) is 1.76. The van der Waals surface area contributed by atoms with Gasteiger partial charge in [-0.15, -0.1) is 0 Å². The first-order valence-corrected chi connectivity index (χ1v) is 14.1. The molecular weight excluding hydrogens is 548 g/mol. The summed E-state index contributed by atoms with van der Waals surface area (Å²) in [7, 11) is 0. The summed E-state index contributed by atoms with van der Waals surface area (Å²) in [4.78, 5) is 45.2. The molecule has 3 aliphatic heterocycles. The monoisotopic (exact) mass is 580 g/mol. The number of pyridine rings is 2. The van der Waals surface area contributed by atoms with Gasteiger partial charge >= 0.3 is 0 Å². The van der Waals surface area contributed by atoms with Crippen molar-refractivity contribution < 1.29 is 29.0 Å². The second-order valence-electron chi connectivity index (χ2n) is 10.1. The highest BCUT2D eigenvalue weighted by Crippen LogP contribution is 2.39. The zero-order chi connectivity index (χ0) is 30.0. The Balaban J connectivity index is 0.00000118. The van der Waals surface area contributed by atoms with E-state index in [1.807, 2.05) is 65.6 Å². The minimum Gasteiger partial charge on any atom is -0.494 e. The maximum atomic E-state index is 13.6. The third-order valence-electron chi connectivity index (χ3n) is 7.24. The van der Waals surface area contributed by atoms with E-state index in [-0.39, 0.29) is 24.3 Å². The third kappa shape index (κ3) is 7.34. The van der Waals surface area contributed by atoms with Crippen LogP contribution in [0.1, 0.15) is 51.6 Å². The van der Waals surface area contributed by atoms with Gasteiger partial charge in [-0.25, -0.2) is 0 Å². The van der Waals surface area contributed by atoms with Crippen LogP contribution in [0.4, 0.5) is 0 Å². The van der Waals surface area contributed by atoms with Gasteiger partial charge in [0.1, 0.15) is 17.2 Å². The molecule has 0 aliphatic carbocycles. The normalized spacial score (nSPS) is 15.8. The van der Waals surface area contributed by atoms with Crippen LogP contribution in [0, 0.1) is 0 Å². The molecule has 5 heterocycles. The first-order valence-electron chi connectivity index (χ1n) is 14.1. The molecule has 1 unspecified atom stereocenters. The highest BCUT2D eigenvalue weighted by atomic mass is 16.5.